The second-order valence-corrected chi connectivity index (χ2v) is 5.69. The smallest absolute Gasteiger partial charge is 0.124 e. The maximum absolute atomic E-state index is 10.1. The van der Waals surface area contributed by atoms with Gasteiger partial charge in [-0.1, -0.05) is 36.4 Å². The molecule has 21 heavy (non-hydrogen) atoms. The number of benzene rings is 2. The summed E-state index contributed by atoms with van der Waals surface area (Å²) in [7, 11) is 0. The Kier molecular flexibility index (Phi) is 3.84. The normalized spacial score (nSPS) is 20.5. The fourth-order valence-corrected chi connectivity index (χ4v) is 3.42. The average molecular weight is 283 g/mol. The molecular weight excluding hydrogens is 262 g/mol. The van der Waals surface area contributed by atoms with Crippen LogP contribution in [0.4, 0.5) is 0 Å². The van der Waals surface area contributed by atoms with Crippen LogP contribution in [0, 0.1) is 0 Å². The molecule has 3 nitrogen and oxygen atoms in total. The molecule has 1 saturated heterocycles. The quantitative estimate of drug-likeness (QED) is 0.895. The molecule has 2 N–H and O–H groups in total. The predicted octanol–water partition coefficient (Wildman–Crippen LogP) is 4.00. The highest BCUT2D eigenvalue weighted by Crippen LogP contribution is 2.43. The molecule has 1 fully saturated rings. The molecule has 0 bridgehead atoms. The van der Waals surface area contributed by atoms with Gasteiger partial charge in [0.2, 0.25) is 0 Å². The zero-order valence-electron chi connectivity index (χ0n) is 12.2. The van der Waals surface area contributed by atoms with E-state index < -0.39 is 0 Å². The lowest BCUT2D eigenvalue weighted by molar-refractivity contribution is 0.188. The molecule has 0 radical (unpaired) electrons. The standard InChI is InChI=1S/C18H21NO2/c1-13(18-16(20)10-5-11-17(18)21)19-12-6-9-15(19)14-7-3-2-4-8-14/h2-5,7-8,10-11,13,15,20-21H,6,9,12H2,1H3. The molecule has 3 heteroatoms. The highest BCUT2D eigenvalue weighted by atomic mass is 16.3. The first-order chi connectivity index (χ1) is 10.2. The van der Waals surface area contributed by atoms with E-state index >= 15 is 0 Å². The third kappa shape index (κ3) is 2.61. The Labute approximate surface area is 125 Å². The molecule has 3 rings (SSSR count). The first kappa shape index (κ1) is 14.0. The van der Waals surface area contributed by atoms with Crippen molar-refractivity contribution in [1.29, 1.82) is 0 Å². The number of phenolic OH excluding ortho intramolecular Hbond substituents is 2. The summed E-state index contributed by atoms with van der Waals surface area (Å²) in [5.41, 5.74) is 1.93. The van der Waals surface area contributed by atoms with E-state index in [-0.39, 0.29) is 17.5 Å². The minimum Gasteiger partial charge on any atom is -0.507 e. The van der Waals surface area contributed by atoms with Gasteiger partial charge in [-0.15, -0.1) is 0 Å². The summed E-state index contributed by atoms with van der Waals surface area (Å²) in [5.74, 6) is 0.336. The van der Waals surface area contributed by atoms with Gasteiger partial charge >= 0.3 is 0 Å². The average Bonchev–Trinajstić information content (AvgIpc) is 2.97. The Morgan fingerprint density at radius 3 is 2.33 bits per heavy atom. The van der Waals surface area contributed by atoms with Crippen molar-refractivity contribution in [3.05, 3.63) is 59.7 Å². The van der Waals surface area contributed by atoms with Crippen LogP contribution in [0.25, 0.3) is 0 Å². The molecule has 2 unspecified atom stereocenters. The van der Waals surface area contributed by atoms with E-state index in [1.54, 1.807) is 18.2 Å². The molecule has 0 aliphatic carbocycles. The molecule has 1 aliphatic rings. The van der Waals surface area contributed by atoms with Crippen LogP contribution in [-0.4, -0.2) is 21.7 Å². The van der Waals surface area contributed by atoms with Crippen LogP contribution in [0.3, 0.4) is 0 Å². The summed E-state index contributed by atoms with van der Waals surface area (Å²) < 4.78 is 0. The van der Waals surface area contributed by atoms with Crippen LogP contribution in [0.5, 0.6) is 11.5 Å². The summed E-state index contributed by atoms with van der Waals surface area (Å²) >= 11 is 0. The summed E-state index contributed by atoms with van der Waals surface area (Å²) in [5, 5.41) is 20.2. The van der Waals surface area contributed by atoms with Gasteiger partial charge in [0.25, 0.3) is 0 Å². The van der Waals surface area contributed by atoms with Gasteiger partial charge in [0, 0.05) is 12.1 Å². The fourth-order valence-electron chi connectivity index (χ4n) is 3.42. The SMILES string of the molecule is CC(c1c(O)cccc1O)N1CCCC1c1ccccc1. The summed E-state index contributed by atoms with van der Waals surface area (Å²) in [6.45, 7) is 3.03. The molecule has 2 atom stereocenters. The van der Waals surface area contributed by atoms with Crippen LogP contribution < -0.4 is 0 Å². The molecule has 0 aromatic heterocycles. The first-order valence-corrected chi connectivity index (χ1v) is 7.50. The number of hydrogen-bond acceptors (Lipinski definition) is 3. The van der Waals surface area contributed by atoms with E-state index in [9.17, 15) is 10.2 Å². The van der Waals surface area contributed by atoms with Crippen molar-refractivity contribution in [2.24, 2.45) is 0 Å². The zero-order chi connectivity index (χ0) is 14.8. The molecule has 0 saturated carbocycles. The van der Waals surface area contributed by atoms with E-state index in [1.165, 1.54) is 5.56 Å². The molecule has 2 aromatic rings. The van der Waals surface area contributed by atoms with E-state index in [0.717, 1.165) is 19.4 Å². The second-order valence-electron chi connectivity index (χ2n) is 5.69. The Balaban J connectivity index is 1.92. The van der Waals surface area contributed by atoms with Crippen molar-refractivity contribution in [3.63, 3.8) is 0 Å². The zero-order valence-corrected chi connectivity index (χ0v) is 12.2. The van der Waals surface area contributed by atoms with E-state index in [1.807, 2.05) is 6.07 Å². The molecule has 0 spiro atoms. The second kappa shape index (κ2) is 5.78. The first-order valence-electron chi connectivity index (χ1n) is 7.50. The van der Waals surface area contributed by atoms with Gasteiger partial charge in [0.05, 0.1) is 5.56 Å². The molecule has 1 aliphatic heterocycles. The number of phenols is 2. The lowest BCUT2D eigenvalue weighted by atomic mass is 10.00. The van der Waals surface area contributed by atoms with Crippen molar-refractivity contribution in [3.8, 4) is 11.5 Å². The molecule has 0 amide bonds. The summed E-state index contributed by atoms with van der Waals surface area (Å²) in [4.78, 5) is 2.37. The predicted molar refractivity (Wildman–Crippen MR) is 83.3 cm³/mol. The molecule has 1 heterocycles. The number of aromatic hydroxyl groups is 2. The molecule has 110 valence electrons. The van der Waals surface area contributed by atoms with Gasteiger partial charge in [0.15, 0.2) is 0 Å². The number of hydrogen-bond donors (Lipinski definition) is 2. The Morgan fingerprint density at radius 1 is 1.00 bits per heavy atom. The lowest BCUT2D eigenvalue weighted by Crippen LogP contribution is -2.26. The minimum atomic E-state index is -0.0149. The van der Waals surface area contributed by atoms with Crippen molar-refractivity contribution in [2.45, 2.75) is 31.8 Å². The summed E-state index contributed by atoms with van der Waals surface area (Å²) in [6, 6.07) is 15.7. The van der Waals surface area contributed by atoms with Crippen LogP contribution in [0.2, 0.25) is 0 Å². The van der Waals surface area contributed by atoms with E-state index in [2.05, 4.69) is 36.1 Å². The van der Waals surface area contributed by atoms with Crippen molar-refractivity contribution < 1.29 is 10.2 Å². The van der Waals surface area contributed by atoms with Crippen LogP contribution >= 0.6 is 0 Å². The van der Waals surface area contributed by atoms with Crippen molar-refractivity contribution in [1.82, 2.24) is 4.90 Å². The highest BCUT2D eigenvalue weighted by molar-refractivity contribution is 5.45. The highest BCUT2D eigenvalue weighted by Gasteiger charge is 2.32. The third-order valence-corrected chi connectivity index (χ3v) is 4.45. The number of likely N-dealkylation sites (tertiary alicyclic amines) is 1. The number of rotatable bonds is 3. The number of nitrogens with zero attached hydrogens (tertiary/aromatic N) is 1. The largest absolute Gasteiger partial charge is 0.507 e. The van der Waals surface area contributed by atoms with Gasteiger partial charge in [-0.3, -0.25) is 4.90 Å². The van der Waals surface area contributed by atoms with Gasteiger partial charge < -0.3 is 10.2 Å². The van der Waals surface area contributed by atoms with Crippen LogP contribution in [0.1, 0.15) is 43.0 Å². The molecule has 2 aromatic carbocycles. The lowest BCUT2D eigenvalue weighted by Gasteiger charge is -2.32. The third-order valence-electron chi connectivity index (χ3n) is 4.45. The van der Waals surface area contributed by atoms with E-state index in [0.29, 0.717) is 11.6 Å². The Hall–Kier alpha value is -2.00. The van der Waals surface area contributed by atoms with Crippen molar-refractivity contribution in [2.75, 3.05) is 6.54 Å². The monoisotopic (exact) mass is 283 g/mol. The Bertz CT molecular complexity index is 592. The van der Waals surface area contributed by atoms with Crippen LogP contribution in [0.15, 0.2) is 48.5 Å². The minimum absolute atomic E-state index is 0.0149. The fraction of sp³-hybridized carbons (Fsp3) is 0.333. The van der Waals surface area contributed by atoms with Crippen molar-refractivity contribution >= 4 is 0 Å². The summed E-state index contributed by atoms with van der Waals surface area (Å²) in [6.07, 6.45) is 2.25. The molecular formula is C18H21NO2. The van der Waals surface area contributed by atoms with Gasteiger partial charge in [0.1, 0.15) is 11.5 Å². The Morgan fingerprint density at radius 2 is 1.67 bits per heavy atom. The van der Waals surface area contributed by atoms with Gasteiger partial charge in [-0.2, -0.15) is 0 Å². The van der Waals surface area contributed by atoms with Gasteiger partial charge in [-0.25, -0.2) is 0 Å². The topological polar surface area (TPSA) is 43.7 Å². The van der Waals surface area contributed by atoms with Gasteiger partial charge in [-0.05, 0) is 44.0 Å². The maximum Gasteiger partial charge on any atom is 0.124 e. The van der Waals surface area contributed by atoms with E-state index in [4.69, 9.17) is 0 Å². The van der Waals surface area contributed by atoms with Crippen LogP contribution in [-0.2, 0) is 0 Å². The maximum atomic E-state index is 10.1.